The molecule has 0 saturated carbocycles. The standard InChI is InChI=1S/C19H25N3O2S/c1-13-6-5-7-14(2)22(12-13)17(23)10-11-21-18(24)15-8-3-4-9-16(15)20-19(21)25/h3-4,8-9,13-14H,5-7,10-12H2,1-2H3,(H,20,25). The summed E-state index contributed by atoms with van der Waals surface area (Å²) < 4.78 is 1.87. The van der Waals surface area contributed by atoms with Gasteiger partial charge in [-0.05, 0) is 50.0 Å². The molecule has 6 heteroatoms. The minimum atomic E-state index is -0.135. The van der Waals surface area contributed by atoms with Crippen LogP contribution in [0.3, 0.4) is 0 Å². The number of hydrogen-bond acceptors (Lipinski definition) is 3. The van der Waals surface area contributed by atoms with Crippen LogP contribution in [0.1, 0.15) is 39.5 Å². The van der Waals surface area contributed by atoms with Crippen molar-refractivity contribution in [3.8, 4) is 0 Å². The highest BCUT2D eigenvalue weighted by atomic mass is 32.1. The number of amides is 1. The average molecular weight is 359 g/mol. The molecule has 2 heterocycles. The van der Waals surface area contributed by atoms with Crippen molar-refractivity contribution in [2.45, 2.75) is 52.1 Å². The minimum Gasteiger partial charge on any atom is -0.340 e. The number of rotatable bonds is 3. The van der Waals surface area contributed by atoms with Gasteiger partial charge in [-0.2, -0.15) is 0 Å². The van der Waals surface area contributed by atoms with Gasteiger partial charge in [0, 0.05) is 25.6 Å². The lowest BCUT2D eigenvalue weighted by atomic mass is 10.1. The second-order valence-electron chi connectivity index (χ2n) is 7.11. The predicted molar refractivity (Wildman–Crippen MR) is 102 cm³/mol. The Labute approximate surface area is 152 Å². The molecule has 0 radical (unpaired) electrons. The van der Waals surface area contributed by atoms with Crippen molar-refractivity contribution in [2.75, 3.05) is 6.54 Å². The monoisotopic (exact) mass is 359 g/mol. The zero-order valence-electron chi connectivity index (χ0n) is 14.8. The highest BCUT2D eigenvalue weighted by Crippen LogP contribution is 2.21. The van der Waals surface area contributed by atoms with Gasteiger partial charge in [0.25, 0.3) is 5.56 Å². The molecule has 1 aliphatic rings. The molecule has 1 fully saturated rings. The third-order valence-electron chi connectivity index (χ3n) is 5.12. The van der Waals surface area contributed by atoms with Gasteiger partial charge in [-0.3, -0.25) is 14.2 Å². The lowest BCUT2D eigenvalue weighted by molar-refractivity contribution is -0.133. The Kier molecular flexibility index (Phi) is 5.37. The summed E-state index contributed by atoms with van der Waals surface area (Å²) in [7, 11) is 0. The van der Waals surface area contributed by atoms with Gasteiger partial charge in [-0.15, -0.1) is 0 Å². The molecular formula is C19H25N3O2S. The summed E-state index contributed by atoms with van der Waals surface area (Å²) in [4.78, 5) is 30.5. The zero-order valence-corrected chi connectivity index (χ0v) is 15.6. The molecule has 2 atom stereocenters. The molecule has 5 nitrogen and oxygen atoms in total. The van der Waals surface area contributed by atoms with Gasteiger partial charge >= 0.3 is 0 Å². The van der Waals surface area contributed by atoms with Gasteiger partial charge in [0.1, 0.15) is 0 Å². The van der Waals surface area contributed by atoms with Crippen molar-refractivity contribution >= 4 is 29.0 Å². The number of hydrogen-bond donors (Lipinski definition) is 1. The number of H-pyrrole nitrogens is 1. The number of benzene rings is 1. The quantitative estimate of drug-likeness (QED) is 0.854. The van der Waals surface area contributed by atoms with E-state index in [1.54, 1.807) is 6.07 Å². The lowest BCUT2D eigenvalue weighted by Crippen LogP contribution is -2.40. The third kappa shape index (κ3) is 3.84. The largest absolute Gasteiger partial charge is 0.340 e. The van der Waals surface area contributed by atoms with E-state index in [-0.39, 0.29) is 17.5 Å². The molecule has 2 unspecified atom stereocenters. The molecule has 2 aromatic rings. The smallest absolute Gasteiger partial charge is 0.262 e. The first-order valence-electron chi connectivity index (χ1n) is 8.98. The SMILES string of the molecule is CC1CCCC(C)N(C(=O)CCn2c(=S)[nH]c3ccccc3c2=O)C1. The topological polar surface area (TPSA) is 58.1 Å². The number of nitrogens with zero attached hydrogens (tertiary/aromatic N) is 2. The van der Waals surface area contributed by atoms with Crippen molar-refractivity contribution in [2.24, 2.45) is 5.92 Å². The molecule has 3 rings (SSSR count). The van der Waals surface area contributed by atoms with Crippen LogP contribution in [0.2, 0.25) is 0 Å². The summed E-state index contributed by atoms with van der Waals surface area (Å²) in [6.07, 6.45) is 3.68. The van der Waals surface area contributed by atoms with E-state index in [0.717, 1.165) is 18.5 Å². The molecule has 0 spiro atoms. The first kappa shape index (κ1) is 17.9. The van der Waals surface area contributed by atoms with Crippen LogP contribution < -0.4 is 5.56 Å². The number of aromatic nitrogens is 2. The highest BCUT2D eigenvalue weighted by molar-refractivity contribution is 7.71. The van der Waals surface area contributed by atoms with Crippen molar-refractivity contribution in [3.05, 3.63) is 39.4 Å². The molecule has 1 aliphatic heterocycles. The molecule has 1 N–H and O–H groups in total. The van der Waals surface area contributed by atoms with E-state index < -0.39 is 0 Å². The second kappa shape index (κ2) is 7.52. The van der Waals surface area contributed by atoms with E-state index in [1.165, 1.54) is 17.4 Å². The van der Waals surface area contributed by atoms with Gasteiger partial charge < -0.3 is 9.88 Å². The number of likely N-dealkylation sites (tertiary alicyclic amines) is 1. The normalized spacial score (nSPS) is 21.3. The maximum atomic E-state index is 12.7. The number of fused-ring (bicyclic) bond motifs is 1. The van der Waals surface area contributed by atoms with Crippen molar-refractivity contribution < 1.29 is 4.79 Å². The fourth-order valence-corrected chi connectivity index (χ4v) is 3.91. The maximum Gasteiger partial charge on any atom is 0.262 e. The number of nitrogens with one attached hydrogen (secondary N) is 1. The van der Waals surface area contributed by atoms with Crippen LogP contribution in [0.15, 0.2) is 29.1 Å². The van der Waals surface area contributed by atoms with Crippen molar-refractivity contribution in [1.29, 1.82) is 0 Å². The van der Waals surface area contributed by atoms with E-state index in [9.17, 15) is 9.59 Å². The number of carbonyl (C=O) groups excluding carboxylic acids is 1. The third-order valence-corrected chi connectivity index (χ3v) is 5.44. The van der Waals surface area contributed by atoms with Gasteiger partial charge in [0.15, 0.2) is 4.77 Å². The summed E-state index contributed by atoms with van der Waals surface area (Å²) in [6, 6.07) is 7.57. The first-order chi connectivity index (χ1) is 12.0. The zero-order chi connectivity index (χ0) is 18.0. The van der Waals surface area contributed by atoms with Crippen LogP contribution >= 0.6 is 12.2 Å². The summed E-state index contributed by atoms with van der Waals surface area (Å²) in [5, 5.41) is 0.598. The Morgan fingerprint density at radius 1 is 1.28 bits per heavy atom. The van der Waals surface area contributed by atoms with E-state index in [2.05, 4.69) is 18.8 Å². The molecule has 0 bridgehead atoms. The average Bonchev–Trinajstić information content (AvgIpc) is 2.75. The fraction of sp³-hybridized carbons (Fsp3) is 0.526. The molecule has 1 aromatic heterocycles. The molecular weight excluding hydrogens is 334 g/mol. The van der Waals surface area contributed by atoms with Crippen LogP contribution in [0.4, 0.5) is 0 Å². The lowest BCUT2D eigenvalue weighted by Gasteiger charge is -2.29. The molecule has 25 heavy (non-hydrogen) atoms. The summed E-state index contributed by atoms with van der Waals surface area (Å²) >= 11 is 5.32. The van der Waals surface area contributed by atoms with Gasteiger partial charge in [0.2, 0.25) is 5.91 Å². The number of carbonyl (C=O) groups is 1. The molecule has 0 aliphatic carbocycles. The summed E-state index contributed by atoms with van der Waals surface area (Å²) in [5.41, 5.74) is 0.597. The van der Waals surface area contributed by atoms with E-state index in [1.807, 2.05) is 23.1 Å². The second-order valence-corrected chi connectivity index (χ2v) is 7.50. The van der Waals surface area contributed by atoms with Gasteiger partial charge in [0.05, 0.1) is 10.9 Å². The van der Waals surface area contributed by atoms with Crippen LogP contribution in [-0.4, -0.2) is 32.9 Å². The number of para-hydroxylation sites is 1. The van der Waals surface area contributed by atoms with Crippen LogP contribution in [-0.2, 0) is 11.3 Å². The van der Waals surface area contributed by atoms with Crippen molar-refractivity contribution in [1.82, 2.24) is 14.5 Å². The maximum absolute atomic E-state index is 12.7. The highest BCUT2D eigenvalue weighted by Gasteiger charge is 2.24. The van der Waals surface area contributed by atoms with Crippen LogP contribution in [0.25, 0.3) is 10.9 Å². The first-order valence-corrected chi connectivity index (χ1v) is 9.39. The summed E-state index contributed by atoms with van der Waals surface area (Å²) in [5.74, 6) is 0.635. The van der Waals surface area contributed by atoms with Crippen molar-refractivity contribution in [3.63, 3.8) is 0 Å². The summed E-state index contributed by atoms with van der Waals surface area (Å²) in [6.45, 7) is 5.43. The molecule has 1 saturated heterocycles. The Bertz CT molecular complexity index is 886. The number of aromatic amines is 1. The van der Waals surface area contributed by atoms with Gasteiger partial charge in [-0.1, -0.05) is 25.5 Å². The van der Waals surface area contributed by atoms with Crippen LogP contribution in [0.5, 0.6) is 0 Å². The van der Waals surface area contributed by atoms with E-state index >= 15 is 0 Å². The van der Waals surface area contributed by atoms with E-state index in [0.29, 0.717) is 29.0 Å². The van der Waals surface area contributed by atoms with Gasteiger partial charge in [-0.25, -0.2) is 0 Å². The molecule has 1 amide bonds. The van der Waals surface area contributed by atoms with Crippen LogP contribution in [0, 0.1) is 10.7 Å². The van der Waals surface area contributed by atoms with E-state index in [4.69, 9.17) is 12.2 Å². The predicted octanol–water partition coefficient (Wildman–Crippen LogP) is 3.49. The molecule has 134 valence electrons. The Morgan fingerprint density at radius 2 is 2.04 bits per heavy atom. The Morgan fingerprint density at radius 3 is 2.84 bits per heavy atom. The fourth-order valence-electron chi connectivity index (χ4n) is 3.63. The minimum absolute atomic E-state index is 0.107. The Balaban J connectivity index is 1.79. The molecule has 1 aromatic carbocycles. The Hall–Kier alpha value is -1.95.